The van der Waals surface area contributed by atoms with E-state index in [2.05, 4.69) is 17.3 Å². The Morgan fingerprint density at radius 1 is 1.35 bits per heavy atom. The van der Waals surface area contributed by atoms with Crippen LogP contribution in [0.3, 0.4) is 0 Å². The summed E-state index contributed by atoms with van der Waals surface area (Å²) < 4.78 is 0. The standard InChI is InChI=1S/C16H20N2O2/c1-13-12-15(8-7-14(13)6-5-11-19)16(20)17-18-9-3-2-4-10-18/h7-8,12,19H,2-4,9-11H2,1H3,(H,17,20). The minimum absolute atomic E-state index is 0.0725. The van der Waals surface area contributed by atoms with Crippen LogP contribution in [-0.2, 0) is 0 Å². The number of aliphatic hydroxyl groups is 1. The fourth-order valence-electron chi connectivity index (χ4n) is 2.29. The largest absolute Gasteiger partial charge is 0.384 e. The number of amides is 1. The van der Waals surface area contributed by atoms with E-state index in [9.17, 15) is 4.79 Å². The number of benzene rings is 1. The van der Waals surface area contributed by atoms with Gasteiger partial charge in [-0.3, -0.25) is 10.2 Å². The number of carbonyl (C=O) groups is 1. The van der Waals surface area contributed by atoms with Crippen LogP contribution in [0.25, 0.3) is 0 Å². The van der Waals surface area contributed by atoms with E-state index in [4.69, 9.17) is 5.11 Å². The van der Waals surface area contributed by atoms with Gasteiger partial charge in [0.15, 0.2) is 0 Å². The van der Waals surface area contributed by atoms with E-state index in [0.29, 0.717) is 5.56 Å². The second kappa shape index (κ2) is 7.09. The molecule has 0 atom stereocenters. The van der Waals surface area contributed by atoms with Crippen molar-refractivity contribution in [2.24, 2.45) is 0 Å². The highest BCUT2D eigenvalue weighted by Gasteiger charge is 2.14. The first-order chi connectivity index (χ1) is 9.70. The molecule has 2 rings (SSSR count). The first-order valence-corrected chi connectivity index (χ1v) is 6.97. The SMILES string of the molecule is Cc1cc(C(=O)NN2CCCCC2)ccc1C#CCO. The molecule has 1 fully saturated rings. The van der Waals surface area contributed by atoms with Crippen molar-refractivity contribution in [3.63, 3.8) is 0 Å². The van der Waals surface area contributed by atoms with Gasteiger partial charge in [0.05, 0.1) is 0 Å². The quantitative estimate of drug-likeness (QED) is 0.802. The Morgan fingerprint density at radius 2 is 2.10 bits per heavy atom. The molecule has 1 aliphatic rings. The summed E-state index contributed by atoms with van der Waals surface area (Å²) in [4.78, 5) is 12.2. The van der Waals surface area contributed by atoms with Gasteiger partial charge in [0, 0.05) is 24.2 Å². The number of hydrogen-bond donors (Lipinski definition) is 2. The van der Waals surface area contributed by atoms with Gasteiger partial charge < -0.3 is 5.11 Å². The Morgan fingerprint density at radius 3 is 2.75 bits per heavy atom. The maximum absolute atomic E-state index is 12.2. The molecule has 0 unspecified atom stereocenters. The summed E-state index contributed by atoms with van der Waals surface area (Å²) in [6.07, 6.45) is 3.51. The molecule has 20 heavy (non-hydrogen) atoms. The molecule has 1 aliphatic heterocycles. The highest BCUT2D eigenvalue weighted by Crippen LogP contribution is 2.11. The number of carbonyl (C=O) groups excluding carboxylic acids is 1. The van der Waals surface area contributed by atoms with Crippen molar-refractivity contribution in [1.29, 1.82) is 0 Å². The molecular weight excluding hydrogens is 252 g/mol. The van der Waals surface area contributed by atoms with Gasteiger partial charge in [-0.2, -0.15) is 0 Å². The van der Waals surface area contributed by atoms with Crippen molar-refractivity contribution in [2.45, 2.75) is 26.2 Å². The van der Waals surface area contributed by atoms with Crippen molar-refractivity contribution >= 4 is 5.91 Å². The lowest BCUT2D eigenvalue weighted by molar-refractivity contribution is 0.0750. The fourth-order valence-corrected chi connectivity index (χ4v) is 2.29. The summed E-state index contributed by atoms with van der Waals surface area (Å²) in [6, 6.07) is 5.43. The van der Waals surface area contributed by atoms with E-state index in [-0.39, 0.29) is 12.5 Å². The fraction of sp³-hybridized carbons (Fsp3) is 0.438. The molecule has 1 heterocycles. The van der Waals surface area contributed by atoms with Gasteiger partial charge in [-0.25, -0.2) is 5.01 Å². The van der Waals surface area contributed by atoms with Crippen LogP contribution in [0.2, 0.25) is 0 Å². The third-order valence-corrected chi connectivity index (χ3v) is 3.41. The Labute approximate surface area is 119 Å². The van der Waals surface area contributed by atoms with E-state index in [0.717, 1.165) is 37.1 Å². The molecule has 2 N–H and O–H groups in total. The number of aliphatic hydroxyl groups excluding tert-OH is 1. The number of aryl methyl sites for hydroxylation is 1. The maximum atomic E-state index is 12.2. The van der Waals surface area contributed by atoms with Crippen LogP contribution in [0.1, 0.15) is 40.7 Å². The molecule has 4 nitrogen and oxygen atoms in total. The minimum atomic E-state index is -0.156. The van der Waals surface area contributed by atoms with E-state index >= 15 is 0 Å². The Bertz CT molecular complexity index is 537. The number of hydrogen-bond acceptors (Lipinski definition) is 3. The van der Waals surface area contributed by atoms with Gasteiger partial charge in [0.2, 0.25) is 0 Å². The summed E-state index contributed by atoms with van der Waals surface area (Å²) in [5, 5.41) is 10.7. The molecule has 0 radical (unpaired) electrons. The van der Waals surface area contributed by atoms with E-state index < -0.39 is 0 Å². The molecule has 0 bridgehead atoms. The minimum Gasteiger partial charge on any atom is -0.384 e. The van der Waals surface area contributed by atoms with Gasteiger partial charge in [0.1, 0.15) is 6.61 Å². The summed E-state index contributed by atoms with van der Waals surface area (Å²) in [5.41, 5.74) is 5.37. The lowest BCUT2D eigenvalue weighted by atomic mass is 10.1. The van der Waals surface area contributed by atoms with Crippen LogP contribution in [0.4, 0.5) is 0 Å². The summed E-state index contributed by atoms with van der Waals surface area (Å²) in [5.74, 6) is 5.41. The van der Waals surface area contributed by atoms with Gasteiger partial charge in [-0.15, -0.1) is 0 Å². The highest BCUT2D eigenvalue weighted by atomic mass is 16.2. The second-order valence-electron chi connectivity index (χ2n) is 4.98. The molecule has 4 heteroatoms. The van der Waals surface area contributed by atoms with E-state index in [1.165, 1.54) is 6.42 Å². The van der Waals surface area contributed by atoms with Crippen molar-refractivity contribution in [2.75, 3.05) is 19.7 Å². The molecule has 1 aromatic carbocycles. The predicted octanol–water partition coefficient (Wildman–Crippen LogP) is 1.47. The van der Waals surface area contributed by atoms with Crippen LogP contribution >= 0.6 is 0 Å². The monoisotopic (exact) mass is 272 g/mol. The number of rotatable bonds is 2. The molecule has 0 spiro atoms. The first-order valence-electron chi connectivity index (χ1n) is 6.97. The molecule has 0 aliphatic carbocycles. The maximum Gasteiger partial charge on any atom is 0.265 e. The molecule has 1 aromatic rings. The van der Waals surface area contributed by atoms with Gasteiger partial charge in [-0.1, -0.05) is 18.3 Å². The zero-order valence-electron chi connectivity index (χ0n) is 11.8. The van der Waals surface area contributed by atoms with Crippen molar-refractivity contribution < 1.29 is 9.90 Å². The lowest BCUT2D eigenvalue weighted by Gasteiger charge is -2.26. The Hall–Kier alpha value is -1.83. The van der Waals surface area contributed by atoms with Gasteiger partial charge >= 0.3 is 0 Å². The normalized spacial score (nSPS) is 15.3. The number of hydrazine groups is 1. The Kier molecular flexibility index (Phi) is 5.16. The number of piperidine rings is 1. The van der Waals surface area contributed by atoms with Crippen molar-refractivity contribution in [3.8, 4) is 11.8 Å². The van der Waals surface area contributed by atoms with Crippen LogP contribution in [0.15, 0.2) is 18.2 Å². The Balaban J connectivity index is 2.04. The zero-order valence-corrected chi connectivity index (χ0v) is 11.8. The summed E-state index contributed by atoms with van der Waals surface area (Å²) in [7, 11) is 0. The van der Waals surface area contributed by atoms with Crippen LogP contribution in [-0.4, -0.2) is 35.7 Å². The van der Waals surface area contributed by atoms with Crippen LogP contribution in [0, 0.1) is 18.8 Å². The third-order valence-electron chi connectivity index (χ3n) is 3.41. The molecule has 0 aromatic heterocycles. The van der Waals surface area contributed by atoms with Crippen molar-refractivity contribution in [3.05, 3.63) is 34.9 Å². The lowest BCUT2D eigenvalue weighted by Crippen LogP contribution is -2.45. The molecule has 0 saturated carbocycles. The van der Waals surface area contributed by atoms with Crippen LogP contribution in [0.5, 0.6) is 0 Å². The molecule has 106 valence electrons. The van der Waals surface area contributed by atoms with Crippen molar-refractivity contribution in [1.82, 2.24) is 10.4 Å². The van der Waals surface area contributed by atoms with E-state index in [1.54, 1.807) is 6.07 Å². The average molecular weight is 272 g/mol. The highest BCUT2D eigenvalue weighted by molar-refractivity contribution is 5.94. The average Bonchev–Trinajstić information content (AvgIpc) is 2.47. The second-order valence-corrected chi connectivity index (χ2v) is 4.98. The third kappa shape index (κ3) is 3.83. The number of nitrogens with zero attached hydrogens (tertiary/aromatic N) is 1. The zero-order chi connectivity index (χ0) is 14.4. The molecular formula is C16H20N2O2. The summed E-state index contributed by atoms with van der Waals surface area (Å²) >= 11 is 0. The molecule has 1 amide bonds. The first kappa shape index (κ1) is 14.6. The number of nitrogens with one attached hydrogen (secondary N) is 1. The summed E-state index contributed by atoms with van der Waals surface area (Å²) in [6.45, 7) is 3.60. The predicted molar refractivity (Wildman–Crippen MR) is 78.0 cm³/mol. The van der Waals surface area contributed by atoms with Gasteiger partial charge in [-0.05, 0) is 43.5 Å². The smallest absolute Gasteiger partial charge is 0.265 e. The van der Waals surface area contributed by atoms with Crippen LogP contribution < -0.4 is 5.43 Å². The van der Waals surface area contributed by atoms with E-state index in [1.807, 2.05) is 24.1 Å². The van der Waals surface area contributed by atoms with Gasteiger partial charge in [0.25, 0.3) is 5.91 Å². The molecule has 1 saturated heterocycles. The topological polar surface area (TPSA) is 52.6 Å².